The molecule has 0 saturated carbocycles. The van der Waals surface area contributed by atoms with Gasteiger partial charge in [-0.2, -0.15) is 0 Å². The summed E-state index contributed by atoms with van der Waals surface area (Å²) in [5.41, 5.74) is 27.6. The van der Waals surface area contributed by atoms with Gasteiger partial charge in [0.1, 0.15) is 18.1 Å². The third-order valence-corrected chi connectivity index (χ3v) is 5.76. The Balaban J connectivity index is 5.48. The number of primary amides is 1. The Morgan fingerprint density at radius 1 is 0.595 bits per heavy atom. The molecule has 0 rings (SSSR count). The number of nitrogens with one attached hydrogen (secondary N) is 3. The fourth-order valence-corrected chi connectivity index (χ4v) is 3.53. The van der Waals surface area contributed by atoms with Crippen molar-refractivity contribution in [2.75, 3.05) is 19.6 Å². The van der Waals surface area contributed by atoms with E-state index in [0.29, 0.717) is 64.6 Å². The molecule has 4 amide bonds. The highest BCUT2D eigenvalue weighted by Gasteiger charge is 2.30. The first kappa shape index (κ1) is 34.2. The molecular formula is C23H46N8O6. The quantitative estimate of drug-likeness (QED) is 0.0664. The smallest absolute Gasteiger partial charge is 0.326 e. The van der Waals surface area contributed by atoms with E-state index in [1.54, 1.807) is 0 Å². The first-order chi connectivity index (χ1) is 17.6. The van der Waals surface area contributed by atoms with E-state index in [0.717, 1.165) is 0 Å². The Morgan fingerprint density at radius 3 is 1.46 bits per heavy atom. The fraction of sp³-hybridized carbons (Fsp3) is 0.783. The monoisotopic (exact) mass is 530 g/mol. The van der Waals surface area contributed by atoms with Gasteiger partial charge in [0, 0.05) is 6.42 Å². The van der Waals surface area contributed by atoms with Gasteiger partial charge in [-0.3, -0.25) is 19.2 Å². The summed E-state index contributed by atoms with van der Waals surface area (Å²) in [4.78, 5) is 61.5. The number of unbranched alkanes of at least 4 members (excludes halogenated alkanes) is 3. The fourth-order valence-electron chi connectivity index (χ4n) is 3.53. The normalized spacial score (nSPS) is 14.2. The number of aliphatic carboxylic acids is 1. The van der Waals surface area contributed by atoms with E-state index in [9.17, 15) is 29.1 Å². The highest BCUT2D eigenvalue weighted by atomic mass is 16.4. The second-order valence-corrected chi connectivity index (χ2v) is 8.99. The molecule has 0 fully saturated rings. The Kier molecular flexibility index (Phi) is 18.7. The summed E-state index contributed by atoms with van der Waals surface area (Å²) in [5, 5.41) is 17.1. The molecule has 214 valence electrons. The maximum atomic E-state index is 13.1. The number of carboxylic acid groups (broad SMARTS) is 1. The van der Waals surface area contributed by atoms with Crippen LogP contribution in [-0.4, -0.2) is 78.5 Å². The first-order valence-electron chi connectivity index (χ1n) is 12.8. The minimum atomic E-state index is -1.20. The molecule has 4 atom stereocenters. The summed E-state index contributed by atoms with van der Waals surface area (Å²) in [6, 6.07) is -4.29. The number of nitrogens with two attached hydrogens (primary N) is 5. The van der Waals surface area contributed by atoms with Crippen LogP contribution in [0.2, 0.25) is 0 Å². The van der Waals surface area contributed by atoms with E-state index in [1.165, 1.54) is 0 Å². The van der Waals surface area contributed by atoms with E-state index in [4.69, 9.17) is 28.7 Å². The Morgan fingerprint density at radius 2 is 1.00 bits per heavy atom. The van der Waals surface area contributed by atoms with E-state index in [2.05, 4.69) is 16.0 Å². The molecule has 0 spiro atoms. The minimum absolute atomic E-state index is 0.101. The van der Waals surface area contributed by atoms with Crippen LogP contribution in [0.3, 0.4) is 0 Å². The zero-order valence-electron chi connectivity index (χ0n) is 21.6. The molecule has 0 aliphatic heterocycles. The molecule has 0 aliphatic rings. The summed E-state index contributed by atoms with van der Waals surface area (Å²) in [7, 11) is 0. The molecule has 4 unspecified atom stereocenters. The molecule has 14 N–H and O–H groups in total. The van der Waals surface area contributed by atoms with Crippen LogP contribution in [-0.2, 0) is 24.0 Å². The van der Waals surface area contributed by atoms with Crippen molar-refractivity contribution >= 4 is 29.6 Å². The van der Waals surface area contributed by atoms with Crippen LogP contribution in [0.15, 0.2) is 0 Å². The third-order valence-electron chi connectivity index (χ3n) is 5.76. The lowest BCUT2D eigenvalue weighted by Crippen LogP contribution is -2.57. The van der Waals surface area contributed by atoms with Gasteiger partial charge in [0.25, 0.3) is 0 Å². The van der Waals surface area contributed by atoms with Gasteiger partial charge in [-0.25, -0.2) is 4.79 Å². The lowest BCUT2D eigenvalue weighted by Gasteiger charge is -2.25. The molecule has 0 saturated heterocycles. The van der Waals surface area contributed by atoms with E-state index < -0.39 is 53.8 Å². The van der Waals surface area contributed by atoms with Crippen molar-refractivity contribution in [1.82, 2.24) is 16.0 Å². The Bertz CT molecular complexity index is 723. The number of carboxylic acids is 1. The van der Waals surface area contributed by atoms with Crippen LogP contribution in [0, 0.1) is 0 Å². The van der Waals surface area contributed by atoms with Crippen molar-refractivity contribution < 1.29 is 29.1 Å². The van der Waals surface area contributed by atoms with Crippen molar-refractivity contribution in [3.63, 3.8) is 0 Å². The molecule has 14 nitrogen and oxygen atoms in total. The average molecular weight is 531 g/mol. The molecule has 0 heterocycles. The zero-order valence-corrected chi connectivity index (χ0v) is 21.6. The van der Waals surface area contributed by atoms with Crippen molar-refractivity contribution in [2.45, 2.75) is 94.8 Å². The third kappa shape index (κ3) is 15.8. The van der Waals surface area contributed by atoms with Gasteiger partial charge >= 0.3 is 5.97 Å². The molecule has 0 aliphatic carbocycles. The molecule has 14 heteroatoms. The number of rotatable bonds is 22. The minimum Gasteiger partial charge on any atom is -0.480 e. The van der Waals surface area contributed by atoms with E-state index in [1.807, 2.05) is 0 Å². The molecular weight excluding hydrogens is 484 g/mol. The lowest BCUT2D eigenvalue weighted by atomic mass is 10.0. The topological polar surface area (TPSA) is 272 Å². The van der Waals surface area contributed by atoms with Crippen LogP contribution in [0.5, 0.6) is 0 Å². The zero-order chi connectivity index (χ0) is 28.2. The highest BCUT2D eigenvalue weighted by molar-refractivity contribution is 5.94. The second kappa shape index (κ2) is 20.3. The van der Waals surface area contributed by atoms with Crippen molar-refractivity contribution in [3.8, 4) is 0 Å². The Labute approximate surface area is 218 Å². The van der Waals surface area contributed by atoms with Crippen LogP contribution >= 0.6 is 0 Å². The standard InChI is InChI=1S/C23H46N8O6/c24-12-4-1-7-15(27)20(33)29-17(10-11-19(28)32)22(35)30-16(8-2-5-13-25)21(34)31-18(23(36)37)9-3-6-14-26/h15-18H,1-14,24-27H2,(H2,28,32)(H,29,33)(H,30,35)(H,31,34)(H,36,37). The number of hydrogen-bond donors (Lipinski definition) is 9. The largest absolute Gasteiger partial charge is 0.480 e. The van der Waals surface area contributed by atoms with Gasteiger partial charge in [0.15, 0.2) is 0 Å². The van der Waals surface area contributed by atoms with Gasteiger partial charge in [0.2, 0.25) is 23.6 Å². The van der Waals surface area contributed by atoms with Crippen LogP contribution in [0.4, 0.5) is 0 Å². The average Bonchev–Trinajstić information content (AvgIpc) is 2.84. The summed E-state index contributed by atoms with van der Waals surface area (Å²) >= 11 is 0. The molecule has 0 aromatic carbocycles. The van der Waals surface area contributed by atoms with Crippen LogP contribution in [0.25, 0.3) is 0 Å². The summed E-state index contributed by atoms with van der Waals surface area (Å²) < 4.78 is 0. The van der Waals surface area contributed by atoms with E-state index in [-0.39, 0.29) is 25.7 Å². The number of carbonyl (C=O) groups excluding carboxylic acids is 4. The van der Waals surface area contributed by atoms with Gasteiger partial charge in [-0.05, 0) is 77.4 Å². The maximum absolute atomic E-state index is 13.1. The Hall–Kier alpha value is -2.81. The second-order valence-electron chi connectivity index (χ2n) is 8.99. The van der Waals surface area contributed by atoms with Crippen molar-refractivity contribution in [2.24, 2.45) is 28.7 Å². The van der Waals surface area contributed by atoms with Crippen molar-refractivity contribution in [1.29, 1.82) is 0 Å². The SMILES string of the molecule is NCCCCC(N)C(=O)NC(CCC(N)=O)C(=O)NC(CCCCN)C(=O)NC(CCCCN)C(=O)O. The summed E-state index contributed by atoms with van der Waals surface area (Å²) in [5.74, 6) is -3.85. The predicted molar refractivity (Wildman–Crippen MR) is 139 cm³/mol. The molecule has 0 radical (unpaired) electrons. The van der Waals surface area contributed by atoms with Crippen molar-refractivity contribution in [3.05, 3.63) is 0 Å². The summed E-state index contributed by atoms with van der Waals surface area (Å²) in [6.07, 6.45) is 3.94. The molecule has 0 aromatic heterocycles. The lowest BCUT2D eigenvalue weighted by molar-refractivity contribution is -0.142. The van der Waals surface area contributed by atoms with Crippen LogP contribution in [0.1, 0.15) is 70.6 Å². The number of hydrogen-bond acceptors (Lipinski definition) is 9. The first-order valence-corrected chi connectivity index (χ1v) is 12.8. The van der Waals surface area contributed by atoms with Gasteiger partial charge < -0.3 is 49.7 Å². The maximum Gasteiger partial charge on any atom is 0.326 e. The van der Waals surface area contributed by atoms with Crippen LogP contribution < -0.4 is 44.6 Å². The molecule has 0 bridgehead atoms. The molecule has 0 aromatic rings. The van der Waals surface area contributed by atoms with Gasteiger partial charge in [-0.15, -0.1) is 0 Å². The van der Waals surface area contributed by atoms with Gasteiger partial charge in [-0.1, -0.05) is 6.42 Å². The number of carbonyl (C=O) groups is 5. The van der Waals surface area contributed by atoms with Gasteiger partial charge in [0.05, 0.1) is 6.04 Å². The van der Waals surface area contributed by atoms with E-state index >= 15 is 0 Å². The number of amides is 4. The molecule has 37 heavy (non-hydrogen) atoms. The highest BCUT2D eigenvalue weighted by Crippen LogP contribution is 2.07. The predicted octanol–water partition coefficient (Wildman–Crippen LogP) is -2.49. The summed E-state index contributed by atoms with van der Waals surface area (Å²) in [6.45, 7) is 1.23.